The van der Waals surface area contributed by atoms with Crippen molar-refractivity contribution in [3.05, 3.63) is 30.1 Å². The van der Waals surface area contributed by atoms with Crippen molar-refractivity contribution < 1.29 is 0 Å². The molecule has 1 atom stereocenters. The second-order valence-electron chi connectivity index (χ2n) is 5.47. The quantitative estimate of drug-likeness (QED) is 0.662. The third-order valence-corrected chi connectivity index (χ3v) is 3.91. The Bertz CT molecular complexity index is 416. The van der Waals surface area contributed by atoms with Crippen LogP contribution in [0.5, 0.6) is 0 Å². The Morgan fingerprint density at radius 1 is 1.55 bits per heavy atom. The smallest absolute Gasteiger partial charge is 0.193 e. The molecule has 2 heterocycles. The van der Waals surface area contributed by atoms with E-state index in [1.807, 2.05) is 25.5 Å². The summed E-state index contributed by atoms with van der Waals surface area (Å²) in [7, 11) is 1.87. The van der Waals surface area contributed by atoms with E-state index in [0.29, 0.717) is 0 Å². The SMILES string of the molecule is CCC[C@H]1CCN(C(=NC)NCCc2cccnc2)C1. The van der Waals surface area contributed by atoms with E-state index in [1.165, 1.54) is 24.8 Å². The van der Waals surface area contributed by atoms with E-state index in [-0.39, 0.29) is 0 Å². The van der Waals surface area contributed by atoms with Gasteiger partial charge in [-0.3, -0.25) is 9.98 Å². The first-order valence-electron chi connectivity index (χ1n) is 7.68. The number of nitrogens with one attached hydrogen (secondary N) is 1. The van der Waals surface area contributed by atoms with Crippen molar-refractivity contribution in [2.24, 2.45) is 10.9 Å². The standard InChI is InChI=1S/C16H26N4/c1-3-5-15-8-11-20(13-15)16(17-2)19-10-7-14-6-4-9-18-12-14/h4,6,9,12,15H,3,5,7-8,10-11,13H2,1-2H3,(H,17,19)/t15-/m0/s1. The van der Waals surface area contributed by atoms with Crippen molar-refractivity contribution in [3.8, 4) is 0 Å². The lowest BCUT2D eigenvalue weighted by molar-refractivity contribution is 0.445. The van der Waals surface area contributed by atoms with Crippen molar-refractivity contribution >= 4 is 5.96 Å². The van der Waals surface area contributed by atoms with E-state index in [4.69, 9.17) is 0 Å². The molecule has 0 spiro atoms. The molecule has 0 bridgehead atoms. The fourth-order valence-corrected chi connectivity index (χ4v) is 2.87. The summed E-state index contributed by atoms with van der Waals surface area (Å²) in [6.07, 6.45) is 8.65. The van der Waals surface area contributed by atoms with Gasteiger partial charge in [0.15, 0.2) is 5.96 Å². The van der Waals surface area contributed by atoms with Gasteiger partial charge in [-0.1, -0.05) is 19.4 Å². The molecule has 20 heavy (non-hydrogen) atoms. The van der Waals surface area contributed by atoms with E-state index in [9.17, 15) is 0 Å². The van der Waals surface area contributed by atoms with Crippen LogP contribution in [0.4, 0.5) is 0 Å². The average Bonchev–Trinajstić information content (AvgIpc) is 2.94. The Morgan fingerprint density at radius 3 is 3.15 bits per heavy atom. The minimum atomic E-state index is 0.844. The zero-order chi connectivity index (χ0) is 14.2. The molecule has 1 aliphatic rings. The molecule has 0 unspecified atom stereocenters. The van der Waals surface area contributed by atoms with Gasteiger partial charge in [0.05, 0.1) is 0 Å². The van der Waals surface area contributed by atoms with Crippen molar-refractivity contribution in [2.75, 3.05) is 26.7 Å². The molecular weight excluding hydrogens is 248 g/mol. The summed E-state index contributed by atoms with van der Waals surface area (Å²) in [4.78, 5) is 10.9. The molecule has 4 nitrogen and oxygen atoms in total. The Kier molecular flexibility index (Phi) is 5.84. The van der Waals surface area contributed by atoms with Crippen LogP contribution < -0.4 is 5.32 Å². The lowest BCUT2D eigenvalue weighted by Crippen LogP contribution is -2.40. The zero-order valence-corrected chi connectivity index (χ0v) is 12.7. The summed E-state index contributed by atoms with van der Waals surface area (Å²) >= 11 is 0. The fraction of sp³-hybridized carbons (Fsp3) is 0.625. The second kappa shape index (κ2) is 7.88. The number of pyridine rings is 1. The normalized spacial score (nSPS) is 19.4. The summed E-state index contributed by atoms with van der Waals surface area (Å²) in [6, 6.07) is 4.10. The highest BCUT2D eigenvalue weighted by atomic mass is 15.3. The first-order valence-corrected chi connectivity index (χ1v) is 7.68. The maximum atomic E-state index is 4.41. The number of hydrogen-bond acceptors (Lipinski definition) is 2. The van der Waals surface area contributed by atoms with Crippen LogP contribution >= 0.6 is 0 Å². The van der Waals surface area contributed by atoms with E-state index >= 15 is 0 Å². The van der Waals surface area contributed by atoms with Gasteiger partial charge in [-0.15, -0.1) is 0 Å². The van der Waals surface area contributed by atoms with E-state index < -0.39 is 0 Å². The monoisotopic (exact) mass is 274 g/mol. The van der Waals surface area contributed by atoms with Crippen LogP contribution in [0.1, 0.15) is 31.7 Å². The van der Waals surface area contributed by atoms with Gasteiger partial charge in [0.25, 0.3) is 0 Å². The molecule has 0 amide bonds. The Balaban J connectivity index is 1.76. The molecule has 1 saturated heterocycles. The van der Waals surface area contributed by atoms with Crippen molar-refractivity contribution in [1.29, 1.82) is 0 Å². The number of aliphatic imine (C=N–C) groups is 1. The molecule has 0 aliphatic carbocycles. The summed E-state index contributed by atoms with van der Waals surface area (Å²) in [5.74, 6) is 1.89. The number of aromatic nitrogens is 1. The largest absolute Gasteiger partial charge is 0.356 e. The maximum Gasteiger partial charge on any atom is 0.193 e. The number of nitrogens with zero attached hydrogens (tertiary/aromatic N) is 3. The van der Waals surface area contributed by atoms with Gasteiger partial charge in [-0.2, -0.15) is 0 Å². The van der Waals surface area contributed by atoms with Crippen molar-refractivity contribution in [1.82, 2.24) is 15.2 Å². The van der Waals surface area contributed by atoms with Gasteiger partial charge >= 0.3 is 0 Å². The number of rotatable bonds is 5. The lowest BCUT2D eigenvalue weighted by Gasteiger charge is -2.21. The molecular formula is C16H26N4. The van der Waals surface area contributed by atoms with Gasteiger partial charge in [0.2, 0.25) is 0 Å². The first kappa shape index (κ1) is 14.8. The van der Waals surface area contributed by atoms with Crippen molar-refractivity contribution in [3.63, 3.8) is 0 Å². The number of hydrogen-bond donors (Lipinski definition) is 1. The minimum Gasteiger partial charge on any atom is -0.356 e. The summed E-state index contributed by atoms with van der Waals surface area (Å²) in [5.41, 5.74) is 1.26. The van der Waals surface area contributed by atoms with Crippen LogP contribution in [0.25, 0.3) is 0 Å². The molecule has 1 N–H and O–H groups in total. The maximum absolute atomic E-state index is 4.41. The topological polar surface area (TPSA) is 40.5 Å². The molecule has 0 radical (unpaired) electrons. The molecule has 0 aromatic carbocycles. The molecule has 0 saturated carbocycles. The van der Waals surface area contributed by atoms with E-state index in [2.05, 4.69) is 33.2 Å². The van der Waals surface area contributed by atoms with Gasteiger partial charge in [-0.25, -0.2) is 0 Å². The summed E-state index contributed by atoms with van der Waals surface area (Å²) < 4.78 is 0. The van der Waals surface area contributed by atoms with Crippen LogP contribution in [0.15, 0.2) is 29.5 Å². The highest BCUT2D eigenvalue weighted by Gasteiger charge is 2.23. The predicted molar refractivity (Wildman–Crippen MR) is 83.9 cm³/mol. The van der Waals surface area contributed by atoms with Crippen LogP contribution in [0.3, 0.4) is 0 Å². The highest BCUT2D eigenvalue weighted by molar-refractivity contribution is 5.80. The van der Waals surface area contributed by atoms with Crippen LogP contribution in [0.2, 0.25) is 0 Å². The summed E-state index contributed by atoms with van der Waals surface area (Å²) in [5, 5.41) is 3.47. The molecule has 1 aromatic heterocycles. The third kappa shape index (κ3) is 4.22. The van der Waals surface area contributed by atoms with Crippen LogP contribution in [-0.4, -0.2) is 42.5 Å². The van der Waals surface area contributed by atoms with Crippen molar-refractivity contribution in [2.45, 2.75) is 32.6 Å². The Hall–Kier alpha value is -1.58. The minimum absolute atomic E-state index is 0.844. The third-order valence-electron chi connectivity index (χ3n) is 3.91. The van der Waals surface area contributed by atoms with Gasteiger partial charge in [0, 0.05) is 39.1 Å². The highest BCUT2D eigenvalue weighted by Crippen LogP contribution is 2.20. The zero-order valence-electron chi connectivity index (χ0n) is 12.7. The van der Waals surface area contributed by atoms with E-state index in [0.717, 1.165) is 37.9 Å². The van der Waals surface area contributed by atoms with E-state index in [1.54, 1.807) is 0 Å². The molecule has 1 aliphatic heterocycles. The molecule has 4 heteroatoms. The van der Waals surface area contributed by atoms with Gasteiger partial charge < -0.3 is 10.2 Å². The summed E-state index contributed by atoms with van der Waals surface area (Å²) in [6.45, 7) is 5.47. The van der Waals surface area contributed by atoms with Crippen LogP contribution in [-0.2, 0) is 6.42 Å². The number of likely N-dealkylation sites (tertiary alicyclic amines) is 1. The van der Waals surface area contributed by atoms with Gasteiger partial charge in [-0.05, 0) is 36.8 Å². The predicted octanol–water partition coefficient (Wildman–Crippen LogP) is 2.32. The molecule has 110 valence electrons. The fourth-order valence-electron chi connectivity index (χ4n) is 2.87. The number of guanidine groups is 1. The Labute approximate surface area is 122 Å². The van der Waals surface area contributed by atoms with Gasteiger partial charge in [0.1, 0.15) is 0 Å². The molecule has 2 rings (SSSR count). The molecule has 1 aromatic rings. The lowest BCUT2D eigenvalue weighted by atomic mass is 10.0. The second-order valence-corrected chi connectivity index (χ2v) is 5.47. The van der Waals surface area contributed by atoms with Crippen LogP contribution in [0, 0.1) is 5.92 Å². The molecule has 1 fully saturated rings. The first-order chi connectivity index (χ1) is 9.83. The average molecular weight is 274 g/mol. The Morgan fingerprint density at radius 2 is 2.45 bits per heavy atom.